The van der Waals surface area contributed by atoms with Gasteiger partial charge in [0.25, 0.3) is 0 Å². The lowest BCUT2D eigenvalue weighted by Gasteiger charge is -2.22. The molecule has 25 heavy (non-hydrogen) atoms. The number of nitrogens with zero attached hydrogens (tertiary/aromatic N) is 1. The second kappa shape index (κ2) is 7.15. The van der Waals surface area contributed by atoms with Crippen LogP contribution in [0.15, 0.2) is 42.5 Å². The Morgan fingerprint density at radius 1 is 1.20 bits per heavy atom. The number of amides is 3. The van der Waals surface area contributed by atoms with Gasteiger partial charge in [0, 0.05) is 22.9 Å². The third-order valence-electron chi connectivity index (χ3n) is 4.30. The van der Waals surface area contributed by atoms with Gasteiger partial charge in [-0.3, -0.25) is 4.79 Å². The van der Waals surface area contributed by atoms with Gasteiger partial charge in [-0.25, -0.2) is 4.79 Å². The first-order valence-corrected chi connectivity index (χ1v) is 8.56. The van der Waals surface area contributed by atoms with Crippen LogP contribution >= 0.6 is 11.6 Å². The van der Waals surface area contributed by atoms with E-state index in [1.54, 1.807) is 24.0 Å². The molecule has 2 aromatic rings. The molecule has 2 aromatic carbocycles. The van der Waals surface area contributed by atoms with Crippen LogP contribution < -0.4 is 15.5 Å². The van der Waals surface area contributed by atoms with Crippen LogP contribution in [0.5, 0.6) is 0 Å². The third-order valence-corrected chi connectivity index (χ3v) is 4.71. The summed E-state index contributed by atoms with van der Waals surface area (Å²) in [5.74, 6) is -0.123. The first kappa shape index (κ1) is 17.3. The maximum Gasteiger partial charge on any atom is 0.319 e. The molecule has 1 aliphatic heterocycles. The summed E-state index contributed by atoms with van der Waals surface area (Å²) < 4.78 is 0. The van der Waals surface area contributed by atoms with Crippen molar-refractivity contribution in [2.24, 2.45) is 0 Å². The largest absolute Gasteiger partial charge is 0.326 e. The smallest absolute Gasteiger partial charge is 0.319 e. The van der Waals surface area contributed by atoms with Crippen LogP contribution in [-0.2, 0) is 11.2 Å². The number of urea groups is 1. The number of rotatable bonds is 3. The average molecular weight is 358 g/mol. The van der Waals surface area contributed by atoms with Crippen LogP contribution in [-0.4, -0.2) is 24.5 Å². The molecule has 130 valence electrons. The van der Waals surface area contributed by atoms with Crippen LogP contribution in [0.2, 0.25) is 5.02 Å². The van der Waals surface area contributed by atoms with Gasteiger partial charge in [0.1, 0.15) is 6.04 Å². The van der Waals surface area contributed by atoms with Crippen molar-refractivity contribution in [3.8, 4) is 0 Å². The Hall–Kier alpha value is -2.53. The highest BCUT2D eigenvalue weighted by atomic mass is 35.5. The van der Waals surface area contributed by atoms with Crippen LogP contribution in [0.25, 0.3) is 0 Å². The van der Waals surface area contributed by atoms with Crippen molar-refractivity contribution in [1.82, 2.24) is 5.32 Å². The minimum Gasteiger partial charge on any atom is -0.326 e. The zero-order chi connectivity index (χ0) is 18.0. The molecule has 0 bridgehead atoms. The summed E-state index contributed by atoms with van der Waals surface area (Å²) in [5.41, 5.74) is 3.59. The van der Waals surface area contributed by atoms with E-state index >= 15 is 0 Å². The summed E-state index contributed by atoms with van der Waals surface area (Å²) >= 11 is 6.05. The molecule has 0 unspecified atom stereocenters. The Balaban J connectivity index is 1.62. The summed E-state index contributed by atoms with van der Waals surface area (Å²) in [7, 11) is 0. The third kappa shape index (κ3) is 3.77. The van der Waals surface area contributed by atoms with Gasteiger partial charge in [0.15, 0.2) is 0 Å². The molecule has 5 nitrogen and oxygen atoms in total. The highest BCUT2D eigenvalue weighted by Gasteiger charge is 2.28. The van der Waals surface area contributed by atoms with E-state index in [9.17, 15) is 9.59 Å². The van der Waals surface area contributed by atoms with Crippen molar-refractivity contribution in [3.05, 3.63) is 58.6 Å². The van der Waals surface area contributed by atoms with Crippen LogP contribution in [0, 0.1) is 6.92 Å². The number of halogens is 1. The minimum absolute atomic E-state index is 0.123. The van der Waals surface area contributed by atoms with Gasteiger partial charge in [0.05, 0.1) is 0 Å². The van der Waals surface area contributed by atoms with Crippen molar-refractivity contribution >= 4 is 34.9 Å². The standard InChI is InChI=1S/C19H20ClN3O2/c1-12-7-8-15(11-16(12)20)22-19(25)21-13(2)18(24)23-10-9-14-5-3-4-6-17(14)23/h3-8,11,13H,9-10H2,1-2H3,(H2,21,22,25)/t13-/m0/s1. The van der Waals surface area contributed by atoms with Gasteiger partial charge in [-0.15, -0.1) is 0 Å². The molecule has 0 spiro atoms. The number of carbonyl (C=O) groups excluding carboxylic acids is 2. The maximum atomic E-state index is 12.7. The van der Waals surface area contributed by atoms with Gasteiger partial charge < -0.3 is 15.5 Å². The molecule has 0 aliphatic carbocycles. The average Bonchev–Trinajstić information content (AvgIpc) is 3.01. The number of anilines is 2. The van der Waals surface area contributed by atoms with Crippen LogP contribution in [0.3, 0.4) is 0 Å². The van der Waals surface area contributed by atoms with Gasteiger partial charge in [-0.2, -0.15) is 0 Å². The van der Waals surface area contributed by atoms with E-state index in [1.165, 1.54) is 0 Å². The SMILES string of the molecule is Cc1ccc(NC(=O)N[C@@H](C)C(=O)N2CCc3ccccc32)cc1Cl. The Bertz CT molecular complexity index is 822. The van der Waals surface area contributed by atoms with E-state index in [-0.39, 0.29) is 5.91 Å². The number of carbonyl (C=O) groups is 2. The number of nitrogens with one attached hydrogen (secondary N) is 2. The highest BCUT2D eigenvalue weighted by molar-refractivity contribution is 6.31. The summed E-state index contributed by atoms with van der Waals surface area (Å²) in [6.45, 7) is 4.21. The van der Waals surface area contributed by atoms with Gasteiger partial charge in [-0.05, 0) is 49.6 Å². The summed E-state index contributed by atoms with van der Waals surface area (Å²) in [4.78, 5) is 26.5. The fraction of sp³-hybridized carbons (Fsp3) is 0.263. The zero-order valence-corrected chi connectivity index (χ0v) is 14.9. The van der Waals surface area contributed by atoms with E-state index in [0.717, 1.165) is 23.2 Å². The molecule has 2 N–H and O–H groups in total. The molecule has 3 amide bonds. The molecule has 1 aliphatic rings. The molecule has 6 heteroatoms. The number of para-hydroxylation sites is 1. The van der Waals surface area contributed by atoms with Gasteiger partial charge >= 0.3 is 6.03 Å². The first-order chi connectivity index (χ1) is 12.0. The fourth-order valence-corrected chi connectivity index (χ4v) is 3.08. The Kier molecular flexibility index (Phi) is 4.95. The molecule has 0 saturated heterocycles. The van der Waals surface area contributed by atoms with Crippen molar-refractivity contribution in [1.29, 1.82) is 0 Å². The number of hydrogen-bond acceptors (Lipinski definition) is 2. The van der Waals surface area contributed by atoms with Crippen LogP contribution in [0.1, 0.15) is 18.1 Å². The van der Waals surface area contributed by atoms with Crippen molar-refractivity contribution in [3.63, 3.8) is 0 Å². The first-order valence-electron chi connectivity index (χ1n) is 8.18. The fourth-order valence-electron chi connectivity index (χ4n) is 2.90. The lowest BCUT2D eigenvalue weighted by Crippen LogP contribution is -2.47. The number of benzene rings is 2. The summed E-state index contributed by atoms with van der Waals surface area (Å²) in [6, 6.07) is 12.0. The summed E-state index contributed by atoms with van der Waals surface area (Å²) in [5, 5.41) is 5.97. The van der Waals surface area contributed by atoms with Crippen molar-refractivity contribution < 1.29 is 9.59 Å². The van der Waals surface area contributed by atoms with Gasteiger partial charge in [-0.1, -0.05) is 35.9 Å². The van der Waals surface area contributed by atoms with Crippen molar-refractivity contribution in [2.75, 3.05) is 16.8 Å². The van der Waals surface area contributed by atoms with Crippen LogP contribution in [0.4, 0.5) is 16.2 Å². The lowest BCUT2D eigenvalue weighted by molar-refractivity contribution is -0.119. The van der Waals surface area contributed by atoms with E-state index in [4.69, 9.17) is 11.6 Å². The molecule has 3 rings (SSSR count). The number of aryl methyl sites for hydroxylation is 1. The molecular weight excluding hydrogens is 338 g/mol. The molecule has 0 saturated carbocycles. The van der Waals surface area contributed by atoms with E-state index in [1.807, 2.05) is 37.3 Å². The minimum atomic E-state index is -0.632. The molecule has 0 aromatic heterocycles. The molecular formula is C19H20ClN3O2. The topological polar surface area (TPSA) is 61.4 Å². The lowest BCUT2D eigenvalue weighted by atomic mass is 10.2. The van der Waals surface area contributed by atoms with Gasteiger partial charge in [0.2, 0.25) is 5.91 Å². The molecule has 0 radical (unpaired) electrons. The highest BCUT2D eigenvalue weighted by Crippen LogP contribution is 2.27. The summed E-state index contributed by atoms with van der Waals surface area (Å²) in [6.07, 6.45) is 0.836. The number of fused-ring (bicyclic) bond motifs is 1. The Labute approximate surface area is 152 Å². The monoisotopic (exact) mass is 357 g/mol. The zero-order valence-electron chi connectivity index (χ0n) is 14.2. The predicted octanol–water partition coefficient (Wildman–Crippen LogP) is 3.75. The Morgan fingerprint density at radius 3 is 2.72 bits per heavy atom. The molecule has 1 heterocycles. The second-order valence-corrected chi connectivity index (χ2v) is 6.56. The van der Waals surface area contributed by atoms with Crippen molar-refractivity contribution in [2.45, 2.75) is 26.3 Å². The van der Waals surface area contributed by atoms with E-state index in [0.29, 0.717) is 17.3 Å². The molecule has 1 atom stereocenters. The predicted molar refractivity (Wildman–Crippen MR) is 100 cm³/mol. The molecule has 0 fully saturated rings. The normalized spacial score (nSPS) is 14.0. The maximum absolute atomic E-state index is 12.7. The second-order valence-electron chi connectivity index (χ2n) is 6.15. The number of hydrogen-bond donors (Lipinski definition) is 2. The quantitative estimate of drug-likeness (QED) is 0.878. The van der Waals surface area contributed by atoms with E-state index < -0.39 is 12.1 Å². The Morgan fingerprint density at radius 2 is 1.96 bits per heavy atom. The van der Waals surface area contributed by atoms with E-state index in [2.05, 4.69) is 10.6 Å².